The molecule has 3 nitrogen and oxygen atoms in total. The van der Waals surface area contributed by atoms with Gasteiger partial charge in [-0.3, -0.25) is 4.90 Å². The second-order valence-corrected chi connectivity index (χ2v) is 9.04. The Hall–Kier alpha value is 0.230. The number of hydrogen-bond acceptors (Lipinski definition) is 4. The van der Waals surface area contributed by atoms with E-state index in [2.05, 4.69) is 16.7 Å². The van der Waals surface area contributed by atoms with Gasteiger partial charge in [0.1, 0.15) is 0 Å². The Balaban J connectivity index is 1.19. The van der Waals surface area contributed by atoms with Crippen molar-refractivity contribution in [1.82, 2.24) is 4.90 Å². The van der Waals surface area contributed by atoms with Crippen molar-refractivity contribution in [2.24, 2.45) is 5.92 Å². The van der Waals surface area contributed by atoms with Crippen LogP contribution in [0.25, 0.3) is 0 Å². The number of ether oxygens (including phenoxy) is 2. The van der Waals surface area contributed by atoms with Gasteiger partial charge in [-0.25, -0.2) is 0 Å². The second-order valence-electron chi connectivity index (χ2n) is 7.55. The third-order valence-corrected chi connectivity index (χ3v) is 7.48. The largest absolute Gasteiger partial charge is 0.381 e. The third-order valence-electron chi connectivity index (χ3n) is 5.91. The summed E-state index contributed by atoms with van der Waals surface area (Å²) in [6.45, 7) is 5.51. The molecule has 3 heterocycles. The molecular formula is C17H29NO2S. The number of rotatable bonds is 4. The summed E-state index contributed by atoms with van der Waals surface area (Å²) in [6.07, 6.45) is 10.0. The minimum atomic E-state index is 0.517. The van der Waals surface area contributed by atoms with E-state index in [-0.39, 0.29) is 0 Å². The van der Waals surface area contributed by atoms with E-state index >= 15 is 0 Å². The monoisotopic (exact) mass is 311 g/mol. The Morgan fingerprint density at radius 1 is 1.10 bits per heavy atom. The van der Waals surface area contributed by atoms with Crippen molar-refractivity contribution < 1.29 is 9.47 Å². The molecule has 4 rings (SSSR count). The van der Waals surface area contributed by atoms with Crippen molar-refractivity contribution in [1.29, 1.82) is 0 Å². The van der Waals surface area contributed by atoms with Crippen molar-refractivity contribution in [2.75, 3.05) is 38.7 Å². The molecule has 0 amide bonds. The summed E-state index contributed by atoms with van der Waals surface area (Å²) < 4.78 is 12.2. The lowest BCUT2D eigenvalue weighted by molar-refractivity contribution is -0.0161. The van der Waals surface area contributed by atoms with Crippen LogP contribution >= 0.6 is 11.8 Å². The van der Waals surface area contributed by atoms with Crippen molar-refractivity contribution >= 4 is 11.8 Å². The molecule has 1 aliphatic carbocycles. The Kier molecular flexibility index (Phi) is 4.50. The van der Waals surface area contributed by atoms with Gasteiger partial charge in [0.25, 0.3) is 0 Å². The van der Waals surface area contributed by atoms with Gasteiger partial charge in [0, 0.05) is 49.5 Å². The minimum absolute atomic E-state index is 0.517. The fourth-order valence-electron chi connectivity index (χ4n) is 4.54. The summed E-state index contributed by atoms with van der Waals surface area (Å²) in [7, 11) is 0. The van der Waals surface area contributed by atoms with Gasteiger partial charge in [0.05, 0.1) is 6.10 Å². The summed E-state index contributed by atoms with van der Waals surface area (Å²) in [5.74, 6) is 1.97. The van der Waals surface area contributed by atoms with E-state index < -0.39 is 0 Å². The maximum atomic E-state index is 6.24. The molecule has 1 spiro atoms. The van der Waals surface area contributed by atoms with Gasteiger partial charge in [-0.1, -0.05) is 12.8 Å². The molecule has 21 heavy (non-hydrogen) atoms. The van der Waals surface area contributed by atoms with Crippen LogP contribution in [0.15, 0.2) is 0 Å². The molecule has 0 unspecified atom stereocenters. The number of hydrogen-bond donors (Lipinski definition) is 0. The lowest BCUT2D eigenvalue weighted by Crippen LogP contribution is -2.61. The van der Waals surface area contributed by atoms with Crippen molar-refractivity contribution in [3.8, 4) is 0 Å². The quantitative estimate of drug-likeness (QED) is 0.796. The van der Waals surface area contributed by atoms with Crippen molar-refractivity contribution in [3.63, 3.8) is 0 Å². The van der Waals surface area contributed by atoms with Crippen LogP contribution in [-0.2, 0) is 9.47 Å². The van der Waals surface area contributed by atoms with Crippen molar-refractivity contribution in [2.45, 2.75) is 61.8 Å². The highest BCUT2D eigenvalue weighted by atomic mass is 32.2. The zero-order valence-electron chi connectivity index (χ0n) is 13.1. The van der Waals surface area contributed by atoms with E-state index in [1.54, 1.807) is 0 Å². The van der Waals surface area contributed by atoms with E-state index in [1.807, 2.05) is 0 Å². The zero-order chi connectivity index (χ0) is 14.1. The molecule has 0 N–H and O–H groups in total. The fourth-order valence-corrected chi connectivity index (χ4v) is 6.11. The maximum absolute atomic E-state index is 6.24. The topological polar surface area (TPSA) is 21.7 Å². The smallest absolute Gasteiger partial charge is 0.0680 e. The van der Waals surface area contributed by atoms with Crippen LogP contribution in [0.5, 0.6) is 0 Å². The summed E-state index contributed by atoms with van der Waals surface area (Å²) in [5, 5.41) is 0. The first-order valence-electron chi connectivity index (χ1n) is 8.90. The predicted molar refractivity (Wildman–Crippen MR) is 86.9 cm³/mol. The molecule has 3 aliphatic heterocycles. The Morgan fingerprint density at radius 3 is 2.62 bits per heavy atom. The lowest BCUT2D eigenvalue weighted by atomic mass is 9.91. The normalized spacial score (nSPS) is 34.6. The highest BCUT2D eigenvalue weighted by Crippen LogP contribution is 2.48. The summed E-state index contributed by atoms with van der Waals surface area (Å²) in [4.78, 5) is 2.75. The lowest BCUT2D eigenvalue weighted by Gasteiger charge is -2.50. The number of thioether (sulfide) groups is 1. The van der Waals surface area contributed by atoms with Gasteiger partial charge in [0.15, 0.2) is 0 Å². The number of likely N-dealkylation sites (tertiary alicyclic amines) is 1. The van der Waals surface area contributed by atoms with Crippen LogP contribution in [-0.4, -0.2) is 60.5 Å². The zero-order valence-corrected chi connectivity index (χ0v) is 13.9. The molecule has 0 aromatic carbocycles. The summed E-state index contributed by atoms with van der Waals surface area (Å²) >= 11 is 2.20. The van der Waals surface area contributed by atoms with E-state index in [0.717, 1.165) is 31.8 Å². The van der Waals surface area contributed by atoms with Crippen LogP contribution in [0.1, 0.15) is 44.9 Å². The Bertz CT molecular complexity index is 347. The van der Waals surface area contributed by atoms with Gasteiger partial charge >= 0.3 is 0 Å². The van der Waals surface area contributed by atoms with Gasteiger partial charge in [-0.2, -0.15) is 0 Å². The van der Waals surface area contributed by atoms with Crippen LogP contribution < -0.4 is 0 Å². The van der Waals surface area contributed by atoms with E-state index in [9.17, 15) is 0 Å². The van der Waals surface area contributed by atoms with Gasteiger partial charge in [-0.05, 0) is 38.0 Å². The van der Waals surface area contributed by atoms with Gasteiger partial charge < -0.3 is 9.47 Å². The van der Waals surface area contributed by atoms with Gasteiger partial charge in [0.2, 0.25) is 0 Å². The van der Waals surface area contributed by atoms with Crippen LogP contribution in [0.2, 0.25) is 0 Å². The van der Waals surface area contributed by atoms with Crippen LogP contribution in [0, 0.1) is 5.92 Å². The first kappa shape index (κ1) is 14.8. The average molecular weight is 311 g/mol. The average Bonchev–Trinajstić information content (AvgIpc) is 3.14. The molecule has 0 aromatic heterocycles. The molecule has 0 aromatic rings. The minimum Gasteiger partial charge on any atom is -0.381 e. The molecule has 3 saturated heterocycles. The molecule has 120 valence electrons. The third kappa shape index (κ3) is 3.29. The van der Waals surface area contributed by atoms with Crippen LogP contribution in [0.3, 0.4) is 0 Å². The molecule has 1 saturated carbocycles. The molecule has 4 fully saturated rings. The standard InChI is InChI=1S/C17H29NO2S/c1-2-4-15(3-1)18-12-17(13-18)9-16(11-21-17)20-10-14-5-7-19-8-6-14/h14-16H,1-13H2/t16-/m1/s1. The number of nitrogens with zero attached hydrogens (tertiary/aromatic N) is 1. The predicted octanol–water partition coefficient (Wildman–Crippen LogP) is 2.93. The SMILES string of the molecule is C1CCC(N2CC3(C[C@@H](OCC4CCOCC4)CS3)C2)C1. The maximum Gasteiger partial charge on any atom is 0.0680 e. The van der Waals surface area contributed by atoms with Crippen molar-refractivity contribution in [3.05, 3.63) is 0 Å². The summed E-state index contributed by atoms with van der Waals surface area (Å²) in [5.41, 5.74) is 0. The van der Waals surface area contributed by atoms with E-state index in [1.165, 1.54) is 63.8 Å². The molecule has 4 heteroatoms. The molecule has 0 radical (unpaired) electrons. The van der Waals surface area contributed by atoms with E-state index in [4.69, 9.17) is 9.47 Å². The van der Waals surface area contributed by atoms with Crippen LogP contribution in [0.4, 0.5) is 0 Å². The molecule has 1 atom stereocenters. The first-order valence-corrected chi connectivity index (χ1v) is 9.89. The Labute approximate surface area is 133 Å². The molecule has 4 aliphatic rings. The fraction of sp³-hybridized carbons (Fsp3) is 1.00. The second kappa shape index (κ2) is 6.38. The molecular weight excluding hydrogens is 282 g/mol. The highest BCUT2D eigenvalue weighted by Gasteiger charge is 2.51. The molecule has 0 bridgehead atoms. The van der Waals surface area contributed by atoms with E-state index in [0.29, 0.717) is 10.9 Å². The van der Waals surface area contributed by atoms with Gasteiger partial charge in [-0.15, -0.1) is 11.8 Å². The summed E-state index contributed by atoms with van der Waals surface area (Å²) in [6, 6.07) is 0.915. The Morgan fingerprint density at radius 2 is 1.86 bits per heavy atom. The first-order chi connectivity index (χ1) is 10.3. The highest BCUT2D eigenvalue weighted by molar-refractivity contribution is 8.01.